The molecule has 1 rings (SSSR count). The predicted molar refractivity (Wildman–Crippen MR) is 71.8 cm³/mol. The maximum atomic E-state index is 11.5. The summed E-state index contributed by atoms with van der Waals surface area (Å²) in [6.07, 6.45) is 1.75. The number of benzene rings is 1. The lowest BCUT2D eigenvalue weighted by molar-refractivity contribution is 0.101. The van der Waals surface area contributed by atoms with E-state index in [0.717, 1.165) is 12.8 Å². The van der Waals surface area contributed by atoms with Crippen molar-refractivity contribution in [1.29, 1.82) is 0 Å². The Balaban J connectivity index is 2.44. The van der Waals surface area contributed by atoms with Gasteiger partial charge in [0.1, 0.15) is 0 Å². The van der Waals surface area contributed by atoms with Gasteiger partial charge in [-0.1, -0.05) is 12.1 Å². The second-order valence-corrected chi connectivity index (χ2v) is 4.01. The lowest BCUT2D eigenvalue weighted by atomic mass is 10.1. The van der Waals surface area contributed by atoms with E-state index in [1.807, 2.05) is 0 Å². The second-order valence-electron chi connectivity index (χ2n) is 4.01. The molecule has 0 aliphatic carbocycles. The first-order valence-corrected chi connectivity index (χ1v) is 5.99. The molecule has 0 aliphatic heterocycles. The van der Waals surface area contributed by atoms with E-state index in [0.29, 0.717) is 24.3 Å². The van der Waals surface area contributed by atoms with Crippen molar-refractivity contribution in [2.75, 3.05) is 18.4 Å². The normalized spacial score (nSPS) is 9.89. The fraction of sp³-hybridized carbons (Fsp3) is 0.385. The number of anilines is 1. The van der Waals surface area contributed by atoms with Crippen LogP contribution in [-0.2, 0) is 0 Å². The summed E-state index contributed by atoms with van der Waals surface area (Å²) in [6, 6.07) is 6.58. The summed E-state index contributed by atoms with van der Waals surface area (Å²) in [7, 11) is 0. The lowest BCUT2D eigenvalue weighted by Crippen LogP contribution is -2.29. The van der Waals surface area contributed by atoms with Crippen molar-refractivity contribution in [3.63, 3.8) is 0 Å². The van der Waals surface area contributed by atoms with E-state index in [-0.39, 0.29) is 11.8 Å². The van der Waals surface area contributed by atoms with Crippen molar-refractivity contribution in [3.8, 4) is 0 Å². The molecule has 4 N–H and O–H groups in total. The molecule has 0 saturated heterocycles. The van der Waals surface area contributed by atoms with Crippen LogP contribution in [0.4, 0.5) is 10.5 Å². The fourth-order valence-corrected chi connectivity index (χ4v) is 1.46. The van der Waals surface area contributed by atoms with Gasteiger partial charge in [0.2, 0.25) is 0 Å². The van der Waals surface area contributed by atoms with E-state index in [1.165, 1.54) is 6.92 Å². The Morgan fingerprint density at radius 2 is 2.06 bits per heavy atom. The molecule has 0 unspecified atom stereocenters. The highest BCUT2D eigenvalue weighted by Crippen LogP contribution is 2.10. The van der Waals surface area contributed by atoms with Crippen LogP contribution in [0.1, 0.15) is 30.1 Å². The minimum atomic E-state index is -0.271. The van der Waals surface area contributed by atoms with E-state index in [9.17, 15) is 9.59 Å². The SMILES string of the molecule is CC(=O)c1cccc(NC(=O)NCCCCN)c1. The van der Waals surface area contributed by atoms with Crippen LogP contribution < -0.4 is 16.4 Å². The Morgan fingerprint density at radius 1 is 1.28 bits per heavy atom. The number of Topliss-reactive ketones (excluding diaryl/α,β-unsaturated/α-hetero) is 1. The van der Waals surface area contributed by atoms with Crippen LogP contribution in [0.25, 0.3) is 0 Å². The minimum absolute atomic E-state index is 0.0259. The summed E-state index contributed by atoms with van der Waals surface area (Å²) in [5.41, 5.74) is 6.54. The molecule has 0 atom stereocenters. The molecule has 0 bridgehead atoms. The third-order valence-electron chi connectivity index (χ3n) is 2.44. The van der Waals surface area contributed by atoms with E-state index in [1.54, 1.807) is 24.3 Å². The Morgan fingerprint density at radius 3 is 2.72 bits per heavy atom. The van der Waals surface area contributed by atoms with Crippen LogP contribution in [0.2, 0.25) is 0 Å². The van der Waals surface area contributed by atoms with Gasteiger partial charge in [-0.15, -0.1) is 0 Å². The number of carbonyl (C=O) groups excluding carboxylic acids is 2. The number of carbonyl (C=O) groups is 2. The minimum Gasteiger partial charge on any atom is -0.338 e. The molecule has 0 saturated carbocycles. The lowest BCUT2D eigenvalue weighted by Gasteiger charge is -2.08. The average molecular weight is 249 g/mol. The maximum Gasteiger partial charge on any atom is 0.319 e. The first-order chi connectivity index (χ1) is 8.63. The Labute approximate surface area is 107 Å². The zero-order valence-corrected chi connectivity index (χ0v) is 10.5. The van der Waals surface area contributed by atoms with Gasteiger partial charge in [0.05, 0.1) is 0 Å². The zero-order valence-electron chi connectivity index (χ0n) is 10.5. The summed E-state index contributed by atoms with van der Waals surface area (Å²) in [4.78, 5) is 22.7. The van der Waals surface area contributed by atoms with E-state index in [4.69, 9.17) is 5.73 Å². The fourth-order valence-electron chi connectivity index (χ4n) is 1.46. The smallest absolute Gasteiger partial charge is 0.319 e. The van der Waals surface area contributed by atoms with Gasteiger partial charge in [0.25, 0.3) is 0 Å². The molecule has 5 nitrogen and oxygen atoms in total. The summed E-state index contributed by atoms with van der Waals surface area (Å²) < 4.78 is 0. The molecule has 5 heteroatoms. The van der Waals surface area contributed by atoms with Gasteiger partial charge in [-0.05, 0) is 38.4 Å². The molecular weight excluding hydrogens is 230 g/mol. The number of ketones is 1. The van der Waals surface area contributed by atoms with Gasteiger partial charge in [0, 0.05) is 17.8 Å². The van der Waals surface area contributed by atoms with Gasteiger partial charge >= 0.3 is 6.03 Å². The van der Waals surface area contributed by atoms with Gasteiger partial charge in [-0.3, -0.25) is 4.79 Å². The molecule has 2 amide bonds. The van der Waals surface area contributed by atoms with Crippen molar-refractivity contribution in [2.45, 2.75) is 19.8 Å². The standard InChI is InChI=1S/C13H19N3O2/c1-10(17)11-5-4-6-12(9-11)16-13(18)15-8-3-2-7-14/h4-6,9H,2-3,7-8,14H2,1H3,(H2,15,16,18). The molecule has 0 aromatic heterocycles. The van der Waals surface area contributed by atoms with Crippen molar-refractivity contribution >= 4 is 17.5 Å². The summed E-state index contributed by atoms with van der Waals surface area (Å²) >= 11 is 0. The van der Waals surface area contributed by atoms with Gasteiger partial charge in [-0.2, -0.15) is 0 Å². The molecule has 1 aromatic carbocycles. The molecule has 18 heavy (non-hydrogen) atoms. The monoisotopic (exact) mass is 249 g/mol. The van der Waals surface area contributed by atoms with Crippen molar-refractivity contribution < 1.29 is 9.59 Å². The molecule has 0 heterocycles. The number of hydrogen-bond donors (Lipinski definition) is 3. The number of rotatable bonds is 6. The van der Waals surface area contributed by atoms with Crippen LogP contribution in [-0.4, -0.2) is 24.9 Å². The van der Waals surface area contributed by atoms with Crippen LogP contribution in [0.3, 0.4) is 0 Å². The zero-order chi connectivity index (χ0) is 13.4. The highest BCUT2D eigenvalue weighted by molar-refractivity contribution is 5.96. The topological polar surface area (TPSA) is 84.2 Å². The molecule has 0 spiro atoms. The Bertz CT molecular complexity index is 418. The van der Waals surface area contributed by atoms with Crippen molar-refractivity contribution in [2.24, 2.45) is 5.73 Å². The number of nitrogens with one attached hydrogen (secondary N) is 2. The second kappa shape index (κ2) is 7.45. The predicted octanol–water partition coefficient (Wildman–Crippen LogP) is 1.75. The van der Waals surface area contributed by atoms with Gasteiger partial charge in [0.15, 0.2) is 5.78 Å². The van der Waals surface area contributed by atoms with Crippen LogP contribution in [0.15, 0.2) is 24.3 Å². The molecule has 1 aromatic rings. The Kier molecular flexibility index (Phi) is 5.87. The third kappa shape index (κ3) is 4.97. The maximum absolute atomic E-state index is 11.5. The average Bonchev–Trinajstić information content (AvgIpc) is 2.35. The quantitative estimate of drug-likeness (QED) is 0.530. The summed E-state index contributed by atoms with van der Waals surface area (Å²) in [5, 5.41) is 5.40. The molecule has 0 fully saturated rings. The first kappa shape index (κ1) is 14.2. The highest BCUT2D eigenvalue weighted by atomic mass is 16.2. The van der Waals surface area contributed by atoms with Crippen molar-refractivity contribution in [1.82, 2.24) is 5.32 Å². The van der Waals surface area contributed by atoms with Gasteiger partial charge < -0.3 is 16.4 Å². The highest BCUT2D eigenvalue weighted by Gasteiger charge is 2.03. The number of urea groups is 1. The van der Waals surface area contributed by atoms with Crippen LogP contribution in [0, 0.1) is 0 Å². The number of hydrogen-bond acceptors (Lipinski definition) is 3. The summed E-state index contributed by atoms with van der Waals surface area (Å²) in [6.45, 7) is 2.71. The largest absolute Gasteiger partial charge is 0.338 e. The molecule has 0 aliphatic rings. The van der Waals surface area contributed by atoms with E-state index in [2.05, 4.69) is 10.6 Å². The first-order valence-electron chi connectivity index (χ1n) is 5.99. The molecule has 0 radical (unpaired) electrons. The number of amides is 2. The molecule has 98 valence electrons. The number of nitrogens with two attached hydrogens (primary N) is 1. The van der Waals surface area contributed by atoms with Crippen LogP contribution >= 0.6 is 0 Å². The third-order valence-corrected chi connectivity index (χ3v) is 2.44. The van der Waals surface area contributed by atoms with Gasteiger partial charge in [-0.25, -0.2) is 4.79 Å². The summed E-state index contributed by atoms with van der Waals surface area (Å²) in [5.74, 6) is -0.0259. The Hall–Kier alpha value is -1.88. The molecular formula is C13H19N3O2. The van der Waals surface area contributed by atoms with Crippen LogP contribution in [0.5, 0.6) is 0 Å². The van der Waals surface area contributed by atoms with E-state index < -0.39 is 0 Å². The number of unbranched alkanes of at least 4 members (excludes halogenated alkanes) is 1. The van der Waals surface area contributed by atoms with E-state index >= 15 is 0 Å². The van der Waals surface area contributed by atoms with Crippen molar-refractivity contribution in [3.05, 3.63) is 29.8 Å².